The van der Waals surface area contributed by atoms with E-state index < -0.39 is 5.82 Å². The Hall–Kier alpha value is -1.23. The van der Waals surface area contributed by atoms with E-state index in [2.05, 4.69) is 17.9 Å². The fourth-order valence-corrected chi connectivity index (χ4v) is 1.02. The molecule has 0 aliphatic heterocycles. The standard InChI is InChI=1S/C9H10FNO2S/c1-13-8-4-6(2-3-7(8)10)11-9(12)5-14/h2-4,14H,5H2,1H3,(H,11,12). The minimum absolute atomic E-state index is 0.0830. The smallest absolute Gasteiger partial charge is 0.234 e. The molecule has 0 aliphatic rings. The van der Waals surface area contributed by atoms with Crippen LogP contribution >= 0.6 is 12.6 Å². The monoisotopic (exact) mass is 215 g/mol. The molecule has 0 spiro atoms. The molecule has 0 atom stereocenters. The van der Waals surface area contributed by atoms with Gasteiger partial charge in [0.05, 0.1) is 12.9 Å². The first-order valence-corrected chi connectivity index (χ1v) is 4.55. The molecular formula is C9H10FNO2S. The number of rotatable bonds is 3. The largest absolute Gasteiger partial charge is 0.494 e. The molecule has 1 amide bonds. The number of amides is 1. The number of anilines is 1. The number of carbonyl (C=O) groups excluding carboxylic acids is 1. The van der Waals surface area contributed by atoms with Crippen LogP contribution in [0.4, 0.5) is 10.1 Å². The maximum atomic E-state index is 12.9. The molecule has 14 heavy (non-hydrogen) atoms. The van der Waals surface area contributed by atoms with Gasteiger partial charge in [-0.2, -0.15) is 12.6 Å². The van der Waals surface area contributed by atoms with E-state index in [1.54, 1.807) is 0 Å². The molecule has 0 aromatic heterocycles. The summed E-state index contributed by atoms with van der Waals surface area (Å²) in [4.78, 5) is 10.9. The zero-order valence-electron chi connectivity index (χ0n) is 7.58. The van der Waals surface area contributed by atoms with Crippen molar-refractivity contribution < 1.29 is 13.9 Å². The summed E-state index contributed by atoms with van der Waals surface area (Å²) in [5, 5.41) is 2.53. The van der Waals surface area contributed by atoms with Crippen LogP contribution in [0.3, 0.4) is 0 Å². The van der Waals surface area contributed by atoms with Crippen molar-refractivity contribution in [2.45, 2.75) is 0 Å². The maximum Gasteiger partial charge on any atom is 0.234 e. The fourth-order valence-electron chi connectivity index (χ4n) is 0.938. The van der Waals surface area contributed by atoms with Crippen LogP contribution in [-0.2, 0) is 4.79 Å². The molecule has 76 valence electrons. The molecule has 0 bridgehead atoms. The topological polar surface area (TPSA) is 38.3 Å². The Bertz CT molecular complexity index is 344. The summed E-state index contributed by atoms with van der Waals surface area (Å²) in [6, 6.07) is 4.10. The van der Waals surface area contributed by atoms with Crippen molar-refractivity contribution in [2.24, 2.45) is 0 Å². The van der Waals surface area contributed by atoms with Gasteiger partial charge in [-0.05, 0) is 12.1 Å². The number of thiol groups is 1. The minimum Gasteiger partial charge on any atom is -0.494 e. The van der Waals surface area contributed by atoms with Gasteiger partial charge in [0, 0.05) is 11.8 Å². The van der Waals surface area contributed by atoms with E-state index in [0.717, 1.165) is 0 Å². The quantitative estimate of drug-likeness (QED) is 0.753. The van der Waals surface area contributed by atoms with Crippen molar-refractivity contribution in [3.05, 3.63) is 24.0 Å². The molecule has 0 saturated heterocycles. The summed E-state index contributed by atoms with van der Waals surface area (Å²) in [6.07, 6.45) is 0. The SMILES string of the molecule is COc1cc(NC(=O)CS)ccc1F. The lowest BCUT2D eigenvalue weighted by atomic mass is 10.3. The molecule has 0 fully saturated rings. The number of hydrogen-bond acceptors (Lipinski definition) is 3. The van der Waals surface area contributed by atoms with E-state index >= 15 is 0 Å². The van der Waals surface area contributed by atoms with Gasteiger partial charge in [0.2, 0.25) is 5.91 Å². The molecule has 0 unspecified atom stereocenters. The molecule has 1 aromatic carbocycles. The number of ether oxygens (including phenoxy) is 1. The number of methoxy groups -OCH3 is 1. The first-order valence-electron chi connectivity index (χ1n) is 3.91. The van der Waals surface area contributed by atoms with Crippen LogP contribution in [-0.4, -0.2) is 18.8 Å². The summed E-state index contributed by atoms with van der Waals surface area (Å²) in [5.74, 6) is -0.528. The lowest BCUT2D eigenvalue weighted by molar-refractivity contribution is -0.113. The van der Waals surface area contributed by atoms with Gasteiger partial charge in [0.25, 0.3) is 0 Å². The van der Waals surface area contributed by atoms with Crippen LogP contribution in [0.5, 0.6) is 5.75 Å². The highest BCUT2D eigenvalue weighted by atomic mass is 32.1. The van der Waals surface area contributed by atoms with E-state index in [1.807, 2.05) is 0 Å². The van der Waals surface area contributed by atoms with Gasteiger partial charge in [-0.15, -0.1) is 0 Å². The highest BCUT2D eigenvalue weighted by Gasteiger charge is 2.05. The first kappa shape index (κ1) is 10.8. The van der Waals surface area contributed by atoms with E-state index in [9.17, 15) is 9.18 Å². The Balaban J connectivity index is 2.84. The van der Waals surface area contributed by atoms with Crippen molar-refractivity contribution in [3.8, 4) is 5.75 Å². The third-order valence-corrected chi connectivity index (χ3v) is 1.87. The van der Waals surface area contributed by atoms with E-state index in [4.69, 9.17) is 4.74 Å². The fraction of sp³-hybridized carbons (Fsp3) is 0.222. The number of nitrogens with one attached hydrogen (secondary N) is 1. The normalized spacial score (nSPS) is 9.64. The number of hydrogen-bond donors (Lipinski definition) is 2. The van der Waals surface area contributed by atoms with E-state index in [-0.39, 0.29) is 17.4 Å². The second kappa shape index (κ2) is 4.85. The second-order valence-electron chi connectivity index (χ2n) is 2.56. The lowest BCUT2D eigenvalue weighted by Gasteiger charge is -2.06. The first-order chi connectivity index (χ1) is 6.67. The molecule has 0 saturated carbocycles. The van der Waals surface area contributed by atoms with Crippen LogP contribution in [0, 0.1) is 5.82 Å². The minimum atomic E-state index is -0.462. The summed E-state index contributed by atoms with van der Waals surface area (Å²) >= 11 is 3.80. The van der Waals surface area contributed by atoms with Crippen molar-refractivity contribution in [3.63, 3.8) is 0 Å². The molecule has 1 rings (SSSR count). The van der Waals surface area contributed by atoms with Gasteiger partial charge in [-0.25, -0.2) is 4.39 Å². The van der Waals surface area contributed by atoms with Gasteiger partial charge in [0.1, 0.15) is 0 Å². The van der Waals surface area contributed by atoms with Crippen molar-refractivity contribution in [1.82, 2.24) is 0 Å². The number of carbonyl (C=O) groups is 1. The third kappa shape index (κ3) is 2.63. The van der Waals surface area contributed by atoms with Gasteiger partial charge in [-0.1, -0.05) is 0 Å². The third-order valence-electron chi connectivity index (χ3n) is 1.58. The maximum absolute atomic E-state index is 12.9. The van der Waals surface area contributed by atoms with E-state index in [1.165, 1.54) is 25.3 Å². The Kier molecular flexibility index (Phi) is 3.76. The molecule has 5 heteroatoms. The number of halogens is 1. The van der Waals surface area contributed by atoms with Crippen molar-refractivity contribution >= 4 is 24.2 Å². The highest BCUT2D eigenvalue weighted by Crippen LogP contribution is 2.21. The zero-order valence-corrected chi connectivity index (χ0v) is 8.48. The Morgan fingerprint density at radius 3 is 2.93 bits per heavy atom. The summed E-state index contributed by atoms with van der Waals surface area (Å²) in [6.45, 7) is 0. The summed E-state index contributed by atoms with van der Waals surface area (Å²) in [7, 11) is 1.36. The van der Waals surface area contributed by atoms with E-state index in [0.29, 0.717) is 5.69 Å². The Morgan fingerprint density at radius 2 is 2.36 bits per heavy atom. The summed E-state index contributed by atoms with van der Waals surface area (Å²) < 4.78 is 17.7. The average Bonchev–Trinajstić information content (AvgIpc) is 2.20. The molecule has 0 aliphatic carbocycles. The predicted molar refractivity (Wildman–Crippen MR) is 55.4 cm³/mol. The molecule has 0 heterocycles. The van der Waals surface area contributed by atoms with Crippen LogP contribution in [0.1, 0.15) is 0 Å². The van der Waals surface area contributed by atoms with Gasteiger partial charge < -0.3 is 10.1 Å². The van der Waals surface area contributed by atoms with Gasteiger partial charge >= 0.3 is 0 Å². The van der Waals surface area contributed by atoms with Crippen molar-refractivity contribution in [1.29, 1.82) is 0 Å². The highest BCUT2D eigenvalue weighted by molar-refractivity contribution is 7.81. The summed E-state index contributed by atoms with van der Waals surface area (Å²) in [5.41, 5.74) is 0.488. The Morgan fingerprint density at radius 1 is 1.64 bits per heavy atom. The number of benzene rings is 1. The molecule has 1 aromatic rings. The zero-order chi connectivity index (χ0) is 10.6. The van der Waals surface area contributed by atoms with Gasteiger partial charge in [0.15, 0.2) is 11.6 Å². The molecular weight excluding hydrogens is 205 g/mol. The molecule has 3 nitrogen and oxygen atoms in total. The Labute approximate surface area is 86.7 Å². The predicted octanol–water partition coefficient (Wildman–Crippen LogP) is 1.70. The van der Waals surface area contributed by atoms with Gasteiger partial charge in [-0.3, -0.25) is 4.79 Å². The van der Waals surface area contributed by atoms with Crippen LogP contribution < -0.4 is 10.1 Å². The van der Waals surface area contributed by atoms with Crippen molar-refractivity contribution in [2.75, 3.05) is 18.2 Å². The van der Waals surface area contributed by atoms with Crippen LogP contribution in [0.25, 0.3) is 0 Å². The van der Waals surface area contributed by atoms with Crippen LogP contribution in [0.2, 0.25) is 0 Å². The average molecular weight is 215 g/mol. The molecule has 1 N–H and O–H groups in total. The molecule has 0 radical (unpaired) electrons. The lowest BCUT2D eigenvalue weighted by Crippen LogP contribution is -2.12. The van der Waals surface area contributed by atoms with Crippen LogP contribution in [0.15, 0.2) is 18.2 Å². The second-order valence-corrected chi connectivity index (χ2v) is 2.87.